The van der Waals surface area contributed by atoms with Crippen LogP contribution in [-0.2, 0) is 9.63 Å². The first kappa shape index (κ1) is 15.0. The lowest BCUT2D eigenvalue weighted by Gasteiger charge is -2.50. The highest BCUT2D eigenvalue weighted by Gasteiger charge is 2.44. The maximum atomic E-state index is 11.8. The number of allylic oxidation sites excluding steroid dienone is 2. The Morgan fingerprint density at radius 1 is 1.17 bits per heavy atom. The number of hydrogen-bond donors (Lipinski definition) is 0. The van der Waals surface area contributed by atoms with Crippen LogP contribution in [0.3, 0.4) is 0 Å². The van der Waals surface area contributed by atoms with Crippen molar-refractivity contribution in [2.75, 3.05) is 0 Å². The predicted octanol–water partition coefficient (Wildman–Crippen LogP) is 3.43. The standard InChI is InChI=1S/C15H24NO2/c1-6-7-8-10-13(17)18-16-14(2,3)11-9-12-15(16,4)5/h6-8,10H,1,9,11-12H2,2-5H3/b8-7+. The number of hydroxylamine groups is 2. The van der Waals surface area contributed by atoms with Gasteiger partial charge in [-0.25, -0.2) is 4.79 Å². The third-order valence-corrected chi connectivity index (χ3v) is 3.34. The van der Waals surface area contributed by atoms with Crippen LogP contribution in [0.1, 0.15) is 47.0 Å². The van der Waals surface area contributed by atoms with E-state index < -0.39 is 0 Å². The van der Waals surface area contributed by atoms with Gasteiger partial charge in [0, 0.05) is 0 Å². The Hall–Kier alpha value is -1.09. The molecule has 0 unspecified atom stereocenters. The lowest BCUT2D eigenvalue weighted by atomic mass is 9.82. The molecular weight excluding hydrogens is 226 g/mol. The minimum atomic E-state index is -0.337. The summed E-state index contributed by atoms with van der Waals surface area (Å²) in [6.07, 6.45) is 9.61. The van der Waals surface area contributed by atoms with Crippen molar-refractivity contribution < 1.29 is 9.63 Å². The molecule has 0 aromatic carbocycles. The Morgan fingerprint density at radius 2 is 1.72 bits per heavy atom. The van der Waals surface area contributed by atoms with Crippen LogP contribution in [0.5, 0.6) is 0 Å². The topological polar surface area (TPSA) is 29.5 Å². The highest BCUT2D eigenvalue weighted by atomic mass is 16.7. The molecule has 101 valence electrons. The van der Waals surface area contributed by atoms with Crippen LogP contribution in [0.15, 0.2) is 24.8 Å². The van der Waals surface area contributed by atoms with E-state index in [9.17, 15) is 4.79 Å². The highest BCUT2D eigenvalue weighted by Crippen LogP contribution is 2.38. The van der Waals surface area contributed by atoms with Crippen molar-refractivity contribution in [3.63, 3.8) is 0 Å². The molecule has 1 rings (SSSR count). The first-order chi connectivity index (χ1) is 8.29. The van der Waals surface area contributed by atoms with Gasteiger partial charge in [-0.3, -0.25) is 0 Å². The van der Waals surface area contributed by atoms with E-state index in [1.807, 2.05) is 5.06 Å². The summed E-state index contributed by atoms with van der Waals surface area (Å²) >= 11 is 0. The predicted molar refractivity (Wildman–Crippen MR) is 73.6 cm³/mol. The second-order valence-electron chi connectivity index (χ2n) is 5.97. The highest BCUT2D eigenvalue weighted by molar-refractivity contribution is 5.81. The Bertz CT molecular complexity index is 326. The molecule has 0 saturated carbocycles. The van der Waals surface area contributed by atoms with Gasteiger partial charge < -0.3 is 4.84 Å². The van der Waals surface area contributed by atoms with Gasteiger partial charge in [0.25, 0.3) is 0 Å². The van der Waals surface area contributed by atoms with E-state index in [2.05, 4.69) is 34.3 Å². The van der Waals surface area contributed by atoms with Crippen molar-refractivity contribution in [2.45, 2.75) is 58.0 Å². The van der Waals surface area contributed by atoms with E-state index >= 15 is 0 Å². The van der Waals surface area contributed by atoms with Crippen LogP contribution in [-0.4, -0.2) is 22.1 Å². The Balaban J connectivity index is 2.69. The van der Waals surface area contributed by atoms with E-state index in [1.165, 1.54) is 6.42 Å². The number of nitrogens with zero attached hydrogens (tertiary/aromatic N) is 1. The molecule has 0 spiro atoms. The molecule has 0 amide bonds. The first-order valence-electron chi connectivity index (χ1n) is 6.44. The fourth-order valence-corrected chi connectivity index (χ4v) is 2.56. The first-order valence-corrected chi connectivity index (χ1v) is 6.44. The summed E-state index contributed by atoms with van der Waals surface area (Å²) < 4.78 is 0. The summed E-state index contributed by atoms with van der Waals surface area (Å²) in [4.78, 5) is 17.3. The van der Waals surface area contributed by atoms with E-state index in [4.69, 9.17) is 4.84 Å². The number of rotatable bonds is 4. The van der Waals surface area contributed by atoms with Crippen LogP contribution < -0.4 is 0 Å². The molecule has 1 aliphatic rings. The van der Waals surface area contributed by atoms with Crippen molar-refractivity contribution in [1.82, 2.24) is 5.06 Å². The van der Waals surface area contributed by atoms with E-state index in [0.29, 0.717) is 0 Å². The van der Waals surface area contributed by atoms with E-state index in [-0.39, 0.29) is 17.0 Å². The Labute approximate surface area is 110 Å². The van der Waals surface area contributed by atoms with Crippen molar-refractivity contribution in [2.24, 2.45) is 0 Å². The lowest BCUT2D eigenvalue weighted by Crippen LogP contribution is -2.58. The molecule has 0 aliphatic carbocycles. The Morgan fingerprint density at radius 3 is 2.22 bits per heavy atom. The molecule has 0 N–H and O–H groups in total. The number of piperidine rings is 1. The third-order valence-electron chi connectivity index (χ3n) is 3.34. The maximum absolute atomic E-state index is 11.8. The summed E-state index contributed by atoms with van der Waals surface area (Å²) in [7, 11) is 0. The minimum absolute atomic E-state index is 0.118. The molecule has 1 saturated heterocycles. The summed E-state index contributed by atoms with van der Waals surface area (Å²) in [5, 5.41) is 1.85. The largest absolute Gasteiger partial charge is 0.366 e. The molecule has 0 atom stereocenters. The van der Waals surface area contributed by atoms with Crippen molar-refractivity contribution in [3.05, 3.63) is 31.2 Å². The van der Waals surface area contributed by atoms with E-state index in [1.54, 1.807) is 18.2 Å². The molecular formula is C15H24NO2. The molecule has 0 aromatic heterocycles. The van der Waals surface area contributed by atoms with Crippen LogP contribution in [0, 0.1) is 6.42 Å². The fourth-order valence-electron chi connectivity index (χ4n) is 2.56. The van der Waals surface area contributed by atoms with Crippen molar-refractivity contribution in [1.29, 1.82) is 0 Å². The van der Waals surface area contributed by atoms with Gasteiger partial charge in [-0.2, -0.15) is 0 Å². The average molecular weight is 250 g/mol. The normalized spacial score (nSPS) is 22.9. The fraction of sp³-hybridized carbons (Fsp3) is 0.600. The molecule has 1 radical (unpaired) electrons. The van der Waals surface area contributed by atoms with Crippen LogP contribution in [0.25, 0.3) is 0 Å². The van der Waals surface area contributed by atoms with Gasteiger partial charge in [0.1, 0.15) is 0 Å². The van der Waals surface area contributed by atoms with Gasteiger partial charge in [-0.05, 0) is 47.0 Å². The lowest BCUT2D eigenvalue weighted by molar-refractivity contribution is -0.262. The summed E-state index contributed by atoms with van der Waals surface area (Å²) in [6.45, 7) is 12.0. The number of hydrogen-bond acceptors (Lipinski definition) is 3. The van der Waals surface area contributed by atoms with Gasteiger partial charge in [0.2, 0.25) is 0 Å². The molecule has 3 nitrogen and oxygen atoms in total. The van der Waals surface area contributed by atoms with Crippen molar-refractivity contribution >= 4 is 5.97 Å². The molecule has 1 heterocycles. The minimum Gasteiger partial charge on any atom is -0.366 e. The quantitative estimate of drug-likeness (QED) is 0.716. The second kappa shape index (κ2) is 5.70. The molecule has 1 aliphatic heterocycles. The molecule has 0 aromatic rings. The zero-order chi connectivity index (χ0) is 13.8. The Kier molecular flexibility index (Phi) is 4.74. The molecule has 0 bridgehead atoms. The van der Waals surface area contributed by atoms with Gasteiger partial charge >= 0.3 is 5.97 Å². The molecule has 1 fully saturated rings. The van der Waals surface area contributed by atoms with Crippen molar-refractivity contribution in [3.8, 4) is 0 Å². The van der Waals surface area contributed by atoms with Gasteiger partial charge in [-0.1, -0.05) is 24.8 Å². The average Bonchev–Trinajstić information content (AvgIpc) is 2.23. The summed E-state index contributed by atoms with van der Waals surface area (Å²) in [5.41, 5.74) is -0.235. The van der Waals surface area contributed by atoms with Crippen LogP contribution in [0.4, 0.5) is 0 Å². The van der Waals surface area contributed by atoms with Crippen LogP contribution >= 0.6 is 0 Å². The molecule has 18 heavy (non-hydrogen) atoms. The monoisotopic (exact) mass is 250 g/mol. The number of carbonyl (C=O) groups is 1. The zero-order valence-corrected chi connectivity index (χ0v) is 11.9. The second-order valence-corrected chi connectivity index (χ2v) is 5.97. The van der Waals surface area contributed by atoms with Crippen LogP contribution in [0.2, 0.25) is 0 Å². The van der Waals surface area contributed by atoms with Gasteiger partial charge in [0.15, 0.2) is 0 Å². The third kappa shape index (κ3) is 3.70. The summed E-state index contributed by atoms with van der Waals surface area (Å²) in [6, 6.07) is 0. The van der Waals surface area contributed by atoms with Gasteiger partial charge in [-0.15, -0.1) is 5.06 Å². The molecule has 3 heteroatoms. The SMILES string of the molecule is C=C/C=C/[CH]C(=O)ON1C(C)(C)CCCC1(C)C. The smallest absolute Gasteiger partial charge is 0.333 e. The zero-order valence-electron chi connectivity index (χ0n) is 11.9. The summed E-state index contributed by atoms with van der Waals surface area (Å²) in [5.74, 6) is -0.337. The van der Waals surface area contributed by atoms with E-state index in [0.717, 1.165) is 19.3 Å². The van der Waals surface area contributed by atoms with Gasteiger partial charge in [0.05, 0.1) is 17.5 Å². The maximum Gasteiger partial charge on any atom is 0.333 e. The number of carbonyl (C=O) groups excluding carboxylic acids is 1.